The lowest BCUT2D eigenvalue weighted by atomic mass is 9.81. The van der Waals surface area contributed by atoms with Crippen molar-refractivity contribution in [2.24, 2.45) is 23.7 Å². The highest BCUT2D eigenvalue weighted by atomic mass is 32.1. The monoisotopic (exact) mass is 508 g/mol. The molecule has 0 aromatic carbocycles. The van der Waals surface area contributed by atoms with Gasteiger partial charge >= 0.3 is 11.8 Å². The Kier molecular flexibility index (Phi) is 13.6. The van der Waals surface area contributed by atoms with E-state index in [1.165, 1.54) is 51.4 Å². The Bertz CT molecular complexity index is 686. The first-order valence-corrected chi connectivity index (χ1v) is 14.4. The van der Waals surface area contributed by atoms with Crippen molar-refractivity contribution in [1.82, 2.24) is 21.3 Å². The molecule has 2 aliphatic carbocycles. The molecule has 0 radical (unpaired) electrons. The molecule has 8 heteroatoms. The van der Waals surface area contributed by atoms with Crippen LogP contribution in [0.15, 0.2) is 0 Å². The highest BCUT2D eigenvalue weighted by Gasteiger charge is 2.23. The number of nitrogens with one attached hydrogen (secondary N) is 4. The summed E-state index contributed by atoms with van der Waals surface area (Å²) in [5, 5.41) is 11.6. The summed E-state index contributed by atoms with van der Waals surface area (Å²) >= 11 is 5.24. The lowest BCUT2D eigenvalue weighted by Gasteiger charge is -2.28. The lowest BCUT2D eigenvalue weighted by Crippen LogP contribution is -2.47. The van der Waals surface area contributed by atoms with Gasteiger partial charge in [-0.15, -0.1) is 0 Å². The molecule has 0 spiro atoms. The summed E-state index contributed by atoms with van der Waals surface area (Å²) in [7, 11) is 0. The van der Waals surface area contributed by atoms with Gasteiger partial charge in [0.2, 0.25) is 0 Å². The summed E-state index contributed by atoms with van der Waals surface area (Å²) in [4.78, 5) is 37.1. The molecule has 0 heterocycles. The molecule has 35 heavy (non-hydrogen) atoms. The van der Waals surface area contributed by atoms with Crippen LogP contribution in [0.4, 0.5) is 0 Å². The van der Waals surface area contributed by atoms with E-state index in [4.69, 9.17) is 12.2 Å². The second kappa shape index (κ2) is 16.1. The second-order valence-corrected chi connectivity index (χ2v) is 11.0. The Labute approximate surface area is 217 Å². The number of thiocarbonyl (C=S) groups is 1. The van der Waals surface area contributed by atoms with Gasteiger partial charge in [-0.25, -0.2) is 0 Å². The van der Waals surface area contributed by atoms with E-state index in [0.717, 1.165) is 24.7 Å². The molecule has 0 aromatic heterocycles. The number of hydrogen-bond acceptors (Lipinski definition) is 4. The van der Waals surface area contributed by atoms with Crippen LogP contribution in [0.25, 0.3) is 0 Å². The number of carbonyl (C=O) groups excluding carboxylic acids is 3. The zero-order valence-electron chi connectivity index (χ0n) is 22.1. The highest BCUT2D eigenvalue weighted by Crippen LogP contribution is 2.30. The maximum Gasteiger partial charge on any atom is 0.309 e. The molecule has 4 N–H and O–H groups in total. The number of amides is 3. The van der Waals surface area contributed by atoms with Crippen molar-refractivity contribution < 1.29 is 14.4 Å². The van der Waals surface area contributed by atoms with Crippen molar-refractivity contribution in [3.8, 4) is 0 Å². The van der Waals surface area contributed by atoms with E-state index >= 15 is 0 Å². The maximum absolute atomic E-state index is 12.3. The van der Waals surface area contributed by atoms with Gasteiger partial charge in [-0.05, 0) is 62.2 Å². The van der Waals surface area contributed by atoms with Gasteiger partial charge in [0.15, 0.2) is 4.99 Å². The molecular weight excluding hydrogens is 460 g/mol. The summed E-state index contributed by atoms with van der Waals surface area (Å²) in [6.45, 7) is 8.17. The number of carbonyl (C=O) groups is 3. The van der Waals surface area contributed by atoms with Crippen LogP contribution in [-0.2, 0) is 14.4 Å². The Morgan fingerprint density at radius 2 is 1.14 bits per heavy atom. The maximum atomic E-state index is 12.3. The van der Waals surface area contributed by atoms with Gasteiger partial charge in [-0.2, -0.15) is 0 Å². The number of rotatable bonds is 11. The van der Waals surface area contributed by atoms with Crippen molar-refractivity contribution in [2.75, 3.05) is 19.6 Å². The zero-order chi connectivity index (χ0) is 25.6. The van der Waals surface area contributed by atoms with Crippen LogP contribution in [-0.4, -0.2) is 48.4 Å². The third-order valence-electron chi connectivity index (χ3n) is 8.21. The van der Waals surface area contributed by atoms with Crippen LogP contribution < -0.4 is 21.3 Å². The minimum atomic E-state index is -0.586. The number of hydrogen-bond donors (Lipinski definition) is 4. The van der Waals surface area contributed by atoms with Crippen LogP contribution >= 0.6 is 12.2 Å². The van der Waals surface area contributed by atoms with E-state index in [1.54, 1.807) is 0 Å². The Morgan fingerprint density at radius 1 is 0.686 bits per heavy atom. The van der Waals surface area contributed by atoms with Crippen LogP contribution in [0.3, 0.4) is 0 Å². The van der Waals surface area contributed by atoms with E-state index < -0.39 is 11.8 Å². The average molecular weight is 509 g/mol. The van der Waals surface area contributed by atoms with E-state index in [-0.39, 0.29) is 16.9 Å². The van der Waals surface area contributed by atoms with Crippen molar-refractivity contribution in [2.45, 2.75) is 104 Å². The van der Waals surface area contributed by atoms with Gasteiger partial charge in [0, 0.05) is 25.7 Å². The van der Waals surface area contributed by atoms with Gasteiger partial charge in [0.1, 0.15) is 0 Å². The molecule has 1 atom stereocenters. The molecule has 7 nitrogen and oxygen atoms in total. The minimum Gasteiger partial charge on any atom is -0.372 e. The second-order valence-electron chi connectivity index (χ2n) is 10.6. The molecule has 200 valence electrons. The molecule has 0 bridgehead atoms. The Hall–Kier alpha value is -1.70. The largest absolute Gasteiger partial charge is 0.372 e. The predicted octanol–water partition coefficient (Wildman–Crippen LogP) is 3.85. The lowest BCUT2D eigenvalue weighted by molar-refractivity contribution is -0.139. The van der Waals surface area contributed by atoms with Gasteiger partial charge in [0.25, 0.3) is 5.91 Å². The van der Waals surface area contributed by atoms with Gasteiger partial charge in [0.05, 0.1) is 0 Å². The topological polar surface area (TPSA) is 99.3 Å². The minimum absolute atomic E-state index is 0.152. The molecule has 2 fully saturated rings. The molecule has 0 saturated heterocycles. The third-order valence-corrected chi connectivity index (χ3v) is 8.54. The smallest absolute Gasteiger partial charge is 0.309 e. The zero-order valence-corrected chi connectivity index (χ0v) is 22.9. The van der Waals surface area contributed by atoms with E-state index in [1.807, 2.05) is 6.92 Å². The highest BCUT2D eigenvalue weighted by molar-refractivity contribution is 7.82. The van der Waals surface area contributed by atoms with Crippen LogP contribution in [0.2, 0.25) is 0 Å². The third kappa shape index (κ3) is 10.8. The van der Waals surface area contributed by atoms with Crippen LogP contribution in [0, 0.1) is 23.7 Å². The normalized spacial score (nSPS) is 25.2. The summed E-state index contributed by atoms with van der Waals surface area (Å²) < 4.78 is 0. The van der Waals surface area contributed by atoms with Gasteiger partial charge < -0.3 is 21.3 Å². The fourth-order valence-corrected chi connectivity index (χ4v) is 5.57. The summed E-state index contributed by atoms with van der Waals surface area (Å²) in [6, 6.07) is -0.152. The molecular formula is C27H48N4O3S. The summed E-state index contributed by atoms with van der Waals surface area (Å²) in [5.74, 6) is 1.29. The quantitative estimate of drug-likeness (QED) is 0.251. The first-order valence-electron chi connectivity index (χ1n) is 14.0. The van der Waals surface area contributed by atoms with Crippen LogP contribution in [0.5, 0.6) is 0 Å². The molecule has 3 amide bonds. The summed E-state index contributed by atoms with van der Waals surface area (Å²) in [6.07, 6.45) is 13.3. The molecule has 0 aliphatic heterocycles. The van der Waals surface area contributed by atoms with Crippen molar-refractivity contribution in [1.29, 1.82) is 0 Å². The molecule has 2 saturated carbocycles. The first-order chi connectivity index (χ1) is 16.9. The van der Waals surface area contributed by atoms with E-state index in [0.29, 0.717) is 44.3 Å². The Morgan fingerprint density at radius 3 is 1.60 bits per heavy atom. The predicted molar refractivity (Wildman–Crippen MR) is 145 cm³/mol. The van der Waals surface area contributed by atoms with Crippen molar-refractivity contribution >= 4 is 34.9 Å². The van der Waals surface area contributed by atoms with E-state index in [9.17, 15) is 14.4 Å². The van der Waals surface area contributed by atoms with Crippen molar-refractivity contribution in [3.05, 3.63) is 0 Å². The summed E-state index contributed by atoms with van der Waals surface area (Å²) in [5.41, 5.74) is 0. The Balaban J connectivity index is 1.59. The average Bonchev–Trinajstić information content (AvgIpc) is 2.89. The first kappa shape index (κ1) is 29.5. The SMILES string of the molecule is CCC1CCC(CNC(=O)C(=O)NC(CC)CCNC(=S)C(=O)NCC2CCC(CC)CC2)CC1. The van der Waals surface area contributed by atoms with Crippen molar-refractivity contribution in [3.63, 3.8) is 0 Å². The van der Waals surface area contributed by atoms with Crippen LogP contribution in [0.1, 0.15) is 97.8 Å². The molecule has 0 aromatic rings. The molecule has 1 unspecified atom stereocenters. The fraction of sp³-hybridized carbons (Fsp3) is 0.852. The molecule has 2 aliphatic rings. The molecule has 2 rings (SSSR count). The standard InChI is InChI=1S/C27H48N4O3S/c1-4-19-7-11-21(12-8-19)17-29-24(32)25(33)31-23(6-3)15-16-28-27(35)26(34)30-18-22-13-9-20(5-2)10-14-22/h19-23H,4-18H2,1-3H3,(H,28,35)(H,29,32)(H,30,34)(H,31,33). The fourth-order valence-electron chi connectivity index (χ4n) is 5.39. The van der Waals surface area contributed by atoms with E-state index in [2.05, 4.69) is 35.1 Å². The van der Waals surface area contributed by atoms with Gasteiger partial charge in [-0.1, -0.05) is 71.5 Å². The van der Waals surface area contributed by atoms with Gasteiger partial charge in [-0.3, -0.25) is 14.4 Å².